The van der Waals surface area contributed by atoms with Gasteiger partial charge in [0.15, 0.2) is 0 Å². The Morgan fingerprint density at radius 2 is 1.79 bits per heavy atom. The standard InChI is InChI=1S/C17H20FN3O3/c1-17(12-5-7-13(18)8-6-12)15(23)21(16(24)19-17)11-14(22)20-9-3-2-4-10-20/h5-8H,2-4,9-11H2,1H3,(H,19,24). The first kappa shape index (κ1) is 16.4. The number of rotatable bonds is 3. The molecule has 0 saturated carbocycles. The molecule has 1 atom stereocenters. The van der Waals surface area contributed by atoms with Gasteiger partial charge in [-0.15, -0.1) is 0 Å². The highest BCUT2D eigenvalue weighted by molar-refractivity contribution is 6.09. The summed E-state index contributed by atoms with van der Waals surface area (Å²) in [6.45, 7) is 2.63. The minimum atomic E-state index is -1.28. The number of hydrogen-bond donors (Lipinski definition) is 1. The number of benzene rings is 1. The maximum absolute atomic E-state index is 13.1. The first-order valence-corrected chi connectivity index (χ1v) is 8.10. The lowest BCUT2D eigenvalue weighted by Gasteiger charge is -2.28. The summed E-state index contributed by atoms with van der Waals surface area (Å²) in [5.41, 5.74) is -0.803. The first-order chi connectivity index (χ1) is 11.4. The Kier molecular flexibility index (Phi) is 4.26. The zero-order valence-electron chi connectivity index (χ0n) is 13.5. The summed E-state index contributed by atoms with van der Waals surface area (Å²) in [6, 6.07) is 4.80. The number of nitrogens with one attached hydrogen (secondary N) is 1. The molecule has 1 N–H and O–H groups in total. The Morgan fingerprint density at radius 3 is 2.42 bits per heavy atom. The molecular formula is C17H20FN3O3. The van der Waals surface area contributed by atoms with E-state index >= 15 is 0 Å². The van der Waals surface area contributed by atoms with E-state index in [1.54, 1.807) is 11.8 Å². The van der Waals surface area contributed by atoms with Crippen molar-refractivity contribution in [2.75, 3.05) is 19.6 Å². The number of carbonyl (C=O) groups excluding carboxylic acids is 3. The molecule has 2 aliphatic heterocycles. The van der Waals surface area contributed by atoms with Crippen molar-refractivity contribution in [2.24, 2.45) is 0 Å². The molecule has 0 radical (unpaired) electrons. The minimum absolute atomic E-state index is 0.221. The Balaban J connectivity index is 1.76. The lowest BCUT2D eigenvalue weighted by Crippen LogP contribution is -2.45. The monoisotopic (exact) mass is 333 g/mol. The average molecular weight is 333 g/mol. The van der Waals surface area contributed by atoms with E-state index in [1.165, 1.54) is 24.3 Å². The van der Waals surface area contributed by atoms with Crippen molar-refractivity contribution in [1.82, 2.24) is 15.1 Å². The number of halogens is 1. The third-order valence-electron chi connectivity index (χ3n) is 4.70. The maximum atomic E-state index is 13.1. The molecule has 3 rings (SSSR count). The first-order valence-electron chi connectivity index (χ1n) is 8.10. The van der Waals surface area contributed by atoms with Crippen LogP contribution in [0.15, 0.2) is 24.3 Å². The van der Waals surface area contributed by atoms with Crippen LogP contribution in [0.3, 0.4) is 0 Å². The zero-order chi connectivity index (χ0) is 17.3. The number of carbonyl (C=O) groups is 3. The van der Waals surface area contributed by atoms with Crippen molar-refractivity contribution in [3.05, 3.63) is 35.6 Å². The van der Waals surface area contributed by atoms with E-state index in [4.69, 9.17) is 0 Å². The summed E-state index contributed by atoms with van der Waals surface area (Å²) < 4.78 is 13.1. The Hall–Kier alpha value is -2.44. The highest BCUT2D eigenvalue weighted by Gasteiger charge is 2.49. The van der Waals surface area contributed by atoms with Crippen LogP contribution in [0.1, 0.15) is 31.7 Å². The highest BCUT2D eigenvalue weighted by Crippen LogP contribution is 2.29. The Bertz CT molecular complexity index is 670. The molecule has 2 fully saturated rings. The van der Waals surface area contributed by atoms with Crippen molar-refractivity contribution in [2.45, 2.75) is 31.7 Å². The molecular weight excluding hydrogens is 313 g/mol. The fourth-order valence-electron chi connectivity index (χ4n) is 3.20. The number of amides is 4. The van der Waals surface area contributed by atoms with E-state index < -0.39 is 23.3 Å². The summed E-state index contributed by atoms with van der Waals surface area (Å²) in [5.74, 6) is -1.14. The van der Waals surface area contributed by atoms with Crippen molar-refractivity contribution in [1.29, 1.82) is 0 Å². The van der Waals surface area contributed by atoms with Gasteiger partial charge in [-0.2, -0.15) is 0 Å². The van der Waals surface area contributed by atoms with Crippen molar-refractivity contribution in [3.63, 3.8) is 0 Å². The SMILES string of the molecule is CC1(c2ccc(F)cc2)NC(=O)N(CC(=O)N2CCCCC2)C1=O. The Morgan fingerprint density at radius 1 is 1.17 bits per heavy atom. The van der Waals surface area contributed by atoms with Gasteiger partial charge in [-0.1, -0.05) is 12.1 Å². The van der Waals surface area contributed by atoms with Gasteiger partial charge in [0, 0.05) is 13.1 Å². The van der Waals surface area contributed by atoms with Crippen LogP contribution in [-0.4, -0.2) is 47.3 Å². The summed E-state index contributed by atoms with van der Waals surface area (Å²) in [5, 5.41) is 2.62. The average Bonchev–Trinajstić information content (AvgIpc) is 2.80. The van der Waals surface area contributed by atoms with Gasteiger partial charge in [0.25, 0.3) is 5.91 Å². The van der Waals surface area contributed by atoms with Gasteiger partial charge in [-0.25, -0.2) is 9.18 Å². The molecule has 0 aromatic heterocycles. The molecule has 1 unspecified atom stereocenters. The summed E-state index contributed by atoms with van der Waals surface area (Å²) in [6.07, 6.45) is 2.98. The molecule has 0 bridgehead atoms. The minimum Gasteiger partial charge on any atom is -0.341 e. The second kappa shape index (κ2) is 6.22. The van der Waals surface area contributed by atoms with Gasteiger partial charge < -0.3 is 10.2 Å². The molecule has 2 heterocycles. The van der Waals surface area contributed by atoms with Crippen LogP contribution in [0.5, 0.6) is 0 Å². The van der Waals surface area contributed by atoms with Gasteiger partial charge in [-0.05, 0) is 43.9 Å². The molecule has 4 amide bonds. The third-order valence-corrected chi connectivity index (χ3v) is 4.70. The molecule has 1 aromatic carbocycles. The molecule has 24 heavy (non-hydrogen) atoms. The Labute approximate surface area is 139 Å². The van der Waals surface area contributed by atoms with Crippen LogP contribution >= 0.6 is 0 Å². The molecule has 7 heteroatoms. The summed E-state index contributed by atoms with van der Waals surface area (Å²) >= 11 is 0. The topological polar surface area (TPSA) is 69.7 Å². The predicted molar refractivity (Wildman–Crippen MR) is 84.4 cm³/mol. The number of nitrogens with zero attached hydrogens (tertiary/aromatic N) is 2. The molecule has 2 aliphatic rings. The second-order valence-electron chi connectivity index (χ2n) is 6.39. The molecule has 0 spiro atoms. The molecule has 6 nitrogen and oxygen atoms in total. The third kappa shape index (κ3) is 2.86. The molecule has 0 aliphatic carbocycles. The van der Waals surface area contributed by atoms with Crippen LogP contribution in [0, 0.1) is 5.82 Å². The van der Waals surface area contributed by atoms with E-state index in [9.17, 15) is 18.8 Å². The predicted octanol–water partition coefficient (Wildman–Crippen LogP) is 1.61. The van der Waals surface area contributed by atoms with Crippen LogP contribution in [0.2, 0.25) is 0 Å². The highest BCUT2D eigenvalue weighted by atomic mass is 19.1. The largest absolute Gasteiger partial charge is 0.341 e. The fraction of sp³-hybridized carbons (Fsp3) is 0.471. The van der Waals surface area contributed by atoms with Gasteiger partial charge in [0.1, 0.15) is 17.9 Å². The summed E-state index contributed by atoms with van der Waals surface area (Å²) in [7, 11) is 0. The smallest absolute Gasteiger partial charge is 0.325 e. The second-order valence-corrected chi connectivity index (χ2v) is 6.39. The van der Waals surface area contributed by atoms with Gasteiger partial charge in [0.05, 0.1) is 0 Å². The van der Waals surface area contributed by atoms with Crippen molar-refractivity contribution >= 4 is 17.8 Å². The molecule has 128 valence electrons. The fourth-order valence-corrected chi connectivity index (χ4v) is 3.20. The zero-order valence-corrected chi connectivity index (χ0v) is 13.5. The number of imide groups is 1. The van der Waals surface area contributed by atoms with E-state index in [0.29, 0.717) is 18.7 Å². The van der Waals surface area contributed by atoms with Gasteiger partial charge in [-0.3, -0.25) is 14.5 Å². The lowest BCUT2D eigenvalue weighted by atomic mass is 9.92. The number of piperidine rings is 1. The number of likely N-dealkylation sites (tertiary alicyclic amines) is 1. The van der Waals surface area contributed by atoms with Gasteiger partial charge in [0.2, 0.25) is 5.91 Å². The van der Waals surface area contributed by atoms with Crippen LogP contribution in [0.4, 0.5) is 9.18 Å². The number of urea groups is 1. The van der Waals surface area contributed by atoms with E-state index in [1.807, 2.05) is 0 Å². The molecule has 1 aromatic rings. The van der Waals surface area contributed by atoms with Crippen LogP contribution in [0.25, 0.3) is 0 Å². The van der Waals surface area contributed by atoms with E-state index in [-0.39, 0.29) is 12.5 Å². The van der Waals surface area contributed by atoms with Crippen LogP contribution < -0.4 is 5.32 Å². The quantitative estimate of drug-likeness (QED) is 0.854. The van der Waals surface area contributed by atoms with Crippen molar-refractivity contribution < 1.29 is 18.8 Å². The number of hydrogen-bond acceptors (Lipinski definition) is 3. The van der Waals surface area contributed by atoms with E-state index in [0.717, 1.165) is 24.2 Å². The molecule has 2 saturated heterocycles. The maximum Gasteiger partial charge on any atom is 0.325 e. The normalized spacial score (nSPS) is 24.2. The van der Waals surface area contributed by atoms with E-state index in [2.05, 4.69) is 5.32 Å². The summed E-state index contributed by atoms with van der Waals surface area (Å²) in [4.78, 5) is 39.9. The van der Waals surface area contributed by atoms with Gasteiger partial charge >= 0.3 is 6.03 Å². The van der Waals surface area contributed by atoms with Crippen LogP contribution in [-0.2, 0) is 15.1 Å². The van der Waals surface area contributed by atoms with Crippen molar-refractivity contribution in [3.8, 4) is 0 Å². The lowest BCUT2D eigenvalue weighted by molar-refractivity contribution is -0.139.